The number of aryl methyl sites for hydroxylation is 3. The van der Waals surface area contributed by atoms with Crippen LogP contribution in [0.1, 0.15) is 87.6 Å². The molecule has 4 amide bonds. The van der Waals surface area contributed by atoms with Gasteiger partial charge in [-0.3, -0.25) is 33.5 Å². The molecule has 4 N–H and O–H groups in total. The van der Waals surface area contributed by atoms with E-state index in [1.807, 2.05) is 18.2 Å². The quantitative estimate of drug-likeness (QED) is 0.0703. The molecule has 2 aromatic carbocycles. The first-order valence-electron chi connectivity index (χ1n) is 21.5. The summed E-state index contributed by atoms with van der Waals surface area (Å²) in [6, 6.07) is 14.2. The maximum Gasteiger partial charge on any atom is 0.291 e. The summed E-state index contributed by atoms with van der Waals surface area (Å²) >= 11 is 0. The standard InChI is InChI=1S/C48H53N11O7/c1-28-16-33-23-49-35-21-40(39(65-8)20-34(35)46(63)59(33)24-28)66-15-9-10-42(60)53-41-27-57(7)43(54-41)45(62)52-31-18-37(55(5)25-31)44(61)51-32-19-38(56(6)26-32)47(64)58-14-13-30-17-29(11-12-36(30)58)22-50-48(2,3)4/h11-14,17-21,23,25-27,33,50H,1,9-10,15-16,22,24H2,2-8H3,(H,51,61)(H,52,62)(H,53,60)/t33-/m0/s1. The molecule has 8 rings (SSSR count). The van der Waals surface area contributed by atoms with E-state index in [1.165, 1.54) is 23.9 Å². The maximum absolute atomic E-state index is 13.7. The average Bonchev–Trinajstić information content (AvgIpc) is 4.10. The Bertz CT molecular complexity index is 2960. The smallest absolute Gasteiger partial charge is 0.291 e. The number of hydrogen-bond acceptors (Lipinski definition) is 10. The Labute approximate surface area is 381 Å². The molecule has 0 saturated carbocycles. The molecule has 0 aliphatic carbocycles. The van der Waals surface area contributed by atoms with Crippen molar-refractivity contribution in [3.63, 3.8) is 0 Å². The lowest BCUT2D eigenvalue weighted by Gasteiger charge is -2.20. The molecule has 1 saturated heterocycles. The Morgan fingerprint density at radius 1 is 0.864 bits per heavy atom. The third kappa shape index (κ3) is 9.53. The lowest BCUT2D eigenvalue weighted by Crippen LogP contribution is -2.35. The summed E-state index contributed by atoms with van der Waals surface area (Å²) in [6.07, 6.45) is 9.41. The Balaban J connectivity index is 0.830. The number of hydrogen-bond donors (Lipinski definition) is 4. The number of aliphatic imine (C=N–C) groups is 1. The number of carbonyl (C=O) groups is 5. The maximum atomic E-state index is 13.7. The summed E-state index contributed by atoms with van der Waals surface area (Å²) in [5.74, 6) is -0.740. The molecular formula is C48H53N11O7. The van der Waals surface area contributed by atoms with Crippen LogP contribution in [-0.4, -0.2) is 95.7 Å². The second-order valence-corrected chi connectivity index (χ2v) is 17.7. The van der Waals surface area contributed by atoms with Gasteiger partial charge in [0.2, 0.25) is 11.7 Å². The van der Waals surface area contributed by atoms with Gasteiger partial charge in [0.25, 0.3) is 23.6 Å². The lowest BCUT2D eigenvalue weighted by atomic mass is 10.1. The van der Waals surface area contributed by atoms with E-state index >= 15 is 0 Å². The second-order valence-electron chi connectivity index (χ2n) is 17.7. The number of benzene rings is 2. The van der Waals surface area contributed by atoms with Crippen LogP contribution in [0.5, 0.6) is 11.5 Å². The zero-order valence-electron chi connectivity index (χ0n) is 38.0. The van der Waals surface area contributed by atoms with E-state index in [-0.39, 0.29) is 59.7 Å². The number of ether oxygens (including phenoxy) is 2. The van der Waals surface area contributed by atoms with Gasteiger partial charge < -0.3 is 49.3 Å². The molecule has 342 valence electrons. The fourth-order valence-corrected chi connectivity index (χ4v) is 8.02. The van der Waals surface area contributed by atoms with Gasteiger partial charge in [0.1, 0.15) is 11.4 Å². The molecule has 18 heteroatoms. The number of nitrogens with zero attached hydrogens (tertiary/aromatic N) is 7. The van der Waals surface area contributed by atoms with Crippen molar-refractivity contribution in [1.82, 2.24) is 33.5 Å². The predicted molar refractivity (Wildman–Crippen MR) is 251 cm³/mol. The summed E-state index contributed by atoms with van der Waals surface area (Å²) in [6.45, 7) is 11.7. The third-order valence-electron chi connectivity index (χ3n) is 11.4. The molecule has 66 heavy (non-hydrogen) atoms. The molecule has 18 nitrogen and oxygen atoms in total. The first-order valence-corrected chi connectivity index (χ1v) is 21.5. The van der Waals surface area contributed by atoms with Crippen molar-refractivity contribution in [3.05, 3.63) is 114 Å². The van der Waals surface area contributed by atoms with Crippen LogP contribution >= 0.6 is 0 Å². The van der Waals surface area contributed by atoms with E-state index in [9.17, 15) is 24.0 Å². The van der Waals surface area contributed by atoms with Gasteiger partial charge in [-0.05, 0) is 75.6 Å². The van der Waals surface area contributed by atoms with Gasteiger partial charge in [-0.25, -0.2) is 4.98 Å². The van der Waals surface area contributed by atoms with Gasteiger partial charge in [-0.1, -0.05) is 18.2 Å². The highest BCUT2D eigenvalue weighted by Gasteiger charge is 2.34. The normalized spacial score (nSPS) is 14.5. The molecular weight excluding hydrogens is 843 g/mol. The SMILES string of the molecule is C=C1C[C@H]2C=Nc3cc(OCCCC(=O)Nc4cn(C)c(C(=O)Nc5cc(C(=O)Nc6cc(C(=O)n7ccc8cc(CNC(C)(C)C)ccc87)n(C)c6)n(C)c5)n4)c(OC)cc3C(=O)N2C1. The van der Waals surface area contributed by atoms with Crippen molar-refractivity contribution >= 4 is 69.5 Å². The molecule has 0 unspecified atom stereocenters. The fraction of sp³-hybridized carbons (Fsp3) is 0.312. The van der Waals surface area contributed by atoms with Gasteiger partial charge in [0, 0.05) is 88.6 Å². The highest BCUT2D eigenvalue weighted by atomic mass is 16.5. The van der Waals surface area contributed by atoms with Crippen LogP contribution in [0.2, 0.25) is 0 Å². The molecule has 0 radical (unpaired) electrons. The van der Waals surface area contributed by atoms with E-state index in [1.54, 1.807) is 82.7 Å². The number of aromatic nitrogens is 5. The van der Waals surface area contributed by atoms with Gasteiger partial charge in [0.15, 0.2) is 17.3 Å². The van der Waals surface area contributed by atoms with Gasteiger partial charge in [-0.2, -0.15) is 0 Å². The Hall–Kier alpha value is -7.73. The second kappa shape index (κ2) is 18.0. The first kappa shape index (κ1) is 44.9. The van der Waals surface area contributed by atoms with Crippen molar-refractivity contribution in [2.45, 2.75) is 58.2 Å². The average molecular weight is 896 g/mol. The van der Waals surface area contributed by atoms with Crippen LogP contribution in [0.3, 0.4) is 0 Å². The third-order valence-corrected chi connectivity index (χ3v) is 11.4. The van der Waals surface area contributed by atoms with Crippen molar-refractivity contribution in [1.29, 1.82) is 0 Å². The zero-order valence-corrected chi connectivity index (χ0v) is 38.0. The van der Waals surface area contributed by atoms with Crippen LogP contribution < -0.4 is 30.7 Å². The molecule has 1 fully saturated rings. The topological polar surface area (TPSA) is 200 Å². The fourth-order valence-electron chi connectivity index (χ4n) is 8.02. The Morgan fingerprint density at radius 2 is 1.59 bits per heavy atom. The summed E-state index contributed by atoms with van der Waals surface area (Å²) < 4.78 is 17.8. The molecule has 6 heterocycles. The number of nitrogens with one attached hydrogen (secondary N) is 4. The number of anilines is 3. The van der Waals surface area contributed by atoms with Crippen LogP contribution in [0.25, 0.3) is 10.9 Å². The van der Waals surface area contributed by atoms with Crippen LogP contribution in [0, 0.1) is 0 Å². The minimum Gasteiger partial charge on any atom is -0.493 e. The summed E-state index contributed by atoms with van der Waals surface area (Å²) in [7, 11) is 6.53. The minimum absolute atomic E-state index is 0.0237. The highest BCUT2D eigenvalue weighted by molar-refractivity contribution is 6.08. The number of carbonyl (C=O) groups excluding carboxylic acids is 5. The van der Waals surface area contributed by atoms with Crippen LogP contribution in [-0.2, 0) is 32.5 Å². The number of rotatable bonds is 14. The largest absolute Gasteiger partial charge is 0.493 e. The monoisotopic (exact) mass is 895 g/mol. The van der Waals surface area contributed by atoms with Crippen molar-refractivity contribution in [2.75, 3.05) is 36.2 Å². The molecule has 0 bridgehead atoms. The highest BCUT2D eigenvalue weighted by Crippen LogP contribution is 2.38. The number of imidazole rings is 1. The zero-order chi connectivity index (χ0) is 47.0. The Kier molecular flexibility index (Phi) is 12.3. The number of methoxy groups -OCH3 is 1. The summed E-state index contributed by atoms with van der Waals surface area (Å²) in [5.41, 5.74) is 5.15. The first-order chi connectivity index (χ1) is 31.4. The van der Waals surface area contributed by atoms with Gasteiger partial charge >= 0.3 is 0 Å². The molecule has 0 spiro atoms. The van der Waals surface area contributed by atoms with E-state index < -0.39 is 11.8 Å². The van der Waals surface area contributed by atoms with Gasteiger partial charge in [0.05, 0.1) is 47.9 Å². The van der Waals surface area contributed by atoms with E-state index in [4.69, 9.17) is 9.47 Å². The van der Waals surface area contributed by atoms with Gasteiger partial charge in [-0.15, -0.1) is 0 Å². The van der Waals surface area contributed by atoms with Crippen molar-refractivity contribution < 1.29 is 33.4 Å². The molecule has 6 aromatic rings. The molecule has 2 aliphatic heterocycles. The number of fused-ring (bicyclic) bond motifs is 3. The van der Waals surface area contributed by atoms with E-state index in [2.05, 4.69) is 64.7 Å². The van der Waals surface area contributed by atoms with Crippen molar-refractivity contribution in [3.8, 4) is 11.5 Å². The van der Waals surface area contributed by atoms with Crippen molar-refractivity contribution in [2.24, 2.45) is 26.1 Å². The van der Waals surface area contributed by atoms with Crippen LogP contribution in [0.4, 0.5) is 22.9 Å². The molecule has 4 aromatic heterocycles. The molecule has 2 aliphatic rings. The minimum atomic E-state index is -0.558. The summed E-state index contributed by atoms with van der Waals surface area (Å²) in [4.78, 5) is 77.3. The summed E-state index contributed by atoms with van der Waals surface area (Å²) in [5, 5.41) is 12.8. The Morgan fingerprint density at radius 3 is 2.33 bits per heavy atom. The van der Waals surface area contributed by atoms with E-state index in [0.29, 0.717) is 65.7 Å². The molecule has 1 atom stereocenters. The number of amides is 4. The van der Waals surface area contributed by atoms with E-state index in [0.717, 1.165) is 22.0 Å². The predicted octanol–water partition coefficient (Wildman–Crippen LogP) is 6.43. The van der Waals surface area contributed by atoms with Crippen LogP contribution in [0.15, 0.2) is 90.5 Å². The lowest BCUT2D eigenvalue weighted by molar-refractivity contribution is -0.116.